The molecular formula is C12H24ClNO3. The first kappa shape index (κ1) is 16.7. The second kappa shape index (κ2) is 8.72. The highest BCUT2D eigenvalue weighted by atomic mass is 35.5. The molecule has 4 nitrogen and oxygen atoms in total. The van der Waals surface area contributed by atoms with Gasteiger partial charge in [-0.05, 0) is 39.7 Å². The smallest absolute Gasteiger partial charge is 0.308 e. The molecule has 5 heteroatoms. The molecule has 0 aromatic rings. The van der Waals surface area contributed by atoms with Crippen LogP contribution in [0.1, 0.15) is 32.6 Å². The van der Waals surface area contributed by atoms with Crippen LogP contribution in [-0.2, 0) is 14.3 Å². The maximum Gasteiger partial charge on any atom is 0.308 e. The number of hydrogen-bond donors (Lipinski definition) is 1. The van der Waals surface area contributed by atoms with Crippen LogP contribution in [0.5, 0.6) is 0 Å². The third kappa shape index (κ3) is 5.70. The van der Waals surface area contributed by atoms with E-state index in [9.17, 15) is 4.79 Å². The summed E-state index contributed by atoms with van der Waals surface area (Å²) in [5.41, 5.74) is 0. The Morgan fingerprint density at radius 1 is 1.35 bits per heavy atom. The summed E-state index contributed by atoms with van der Waals surface area (Å²) in [5.74, 6) is 0.0219. The van der Waals surface area contributed by atoms with Gasteiger partial charge < -0.3 is 14.8 Å². The average molecular weight is 266 g/mol. The van der Waals surface area contributed by atoms with E-state index < -0.39 is 0 Å². The molecule has 17 heavy (non-hydrogen) atoms. The zero-order chi connectivity index (χ0) is 12.0. The molecule has 1 aliphatic rings. The van der Waals surface area contributed by atoms with Gasteiger partial charge >= 0.3 is 5.97 Å². The van der Waals surface area contributed by atoms with Gasteiger partial charge in [0.2, 0.25) is 0 Å². The second-order valence-corrected chi connectivity index (χ2v) is 4.52. The predicted molar refractivity (Wildman–Crippen MR) is 69.5 cm³/mol. The van der Waals surface area contributed by atoms with E-state index in [1.54, 1.807) is 0 Å². The Labute approximate surface area is 110 Å². The van der Waals surface area contributed by atoms with Gasteiger partial charge in [-0.25, -0.2) is 0 Å². The molecule has 1 rings (SSSR count). The normalized spacial score (nSPS) is 25.8. The molecule has 0 unspecified atom stereocenters. The van der Waals surface area contributed by atoms with Crippen LogP contribution in [0.25, 0.3) is 0 Å². The first-order valence-corrected chi connectivity index (χ1v) is 6.04. The summed E-state index contributed by atoms with van der Waals surface area (Å²) < 4.78 is 10.5. The molecule has 0 aromatic heterocycles. The minimum Gasteiger partial charge on any atom is -0.469 e. The Balaban J connectivity index is 0.00000256. The highest BCUT2D eigenvalue weighted by Gasteiger charge is 2.27. The standard InChI is InChI=1S/C12H23NO3.ClH/c1-9(13-2)8-16-11-6-4-10(5-7-11)12(14)15-3;/h9-11,13H,4-8H2,1-3H3;1H/t9-,10-,11-;/m0./s1. The van der Waals surface area contributed by atoms with Crippen molar-refractivity contribution in [2.75, 3.05) is 20.8 Å². The van der Waals surface area contributed by atoms with Crippen molar-refractivity contribution in [3.63, 3.8) is 0 Å². The van der Waals surface area contributed by atoms with Gasteiger partial charge in [-0.1, -0.05) is 0 Å². The molecule has 0 aliphatic heterocycles. The van der Waals surface area contributed by atoms with Gasteiger partial charge in [-0.15, -0.1) is 12.4 Å². The quantitative estimate of drug-likeness (QED) is 0.770. The van der Waals surface area contributed by atoms with Crippen molar-refractivity contribution < 1.29 is 14.3 Å². The maximum absolute atomic E-state index is 11.3. The third-order valence-electron chi connectivity index (χ3n) is 3.28. The van der Waals surface area contributed by atoms with Gasteiger partial charge in [0.1, 0.15) is 0 Å². The minimum absolute atomic E-state index is 0. The molecule has 0 spiro atoms. The fourth-order valence-corrected chi connectivity index (χ4v) is 2.00. The van der Waals surface area contributed by atoms with Gasteiger partial charge in [0.15, 0.2) is 0 Å². The Hall–Kier alpha value is -0.320. The topological polar surface area (TPSA) is 47.6 Å². The fourth-order valence-electron chi connectivity index (χ4n) is 2.00. The summed E-state index contributed by atoms with van der Waals surface area (Å²) in [7, 11) is 3.39. The van der Waals surface area contributed by atoms with Crippen molar-refractivity contribution in [2.45, 2.75) is 44.8 Å². The van der Waals surface area contributed by atoms with Crippen molar-refractivity contribution in [1.29, 1.82) is 0 Å². The first-order chi connectivity index (χ1) is 7.67. The third-order valence-corrected chi connectivity index (χ3v) is 3.28. The van der Waals surface area contributed by atoms with E-state index in [0.717, 1.165) is 32.3 Å². The molecule has 102 valence electrons. The van der Waals surface area contributed by atoms with Crippen LogP contribution in [0.15, 0.2) is 0 Å². The highest BCUT2D eigenvalue weighted by molar-refractivity contribution is 5.85. The Bertz CT molecular complexity index is 218. The van der Waals surface area contributed by atoms with E-state index in [0.29, 0.717) is 12.1 Å². The molecule has 0 saturated heterocycles. The zero-order valence-electron chi connectivity index (χ0n) is 10.9. The summed E-state index contributed by atoms with van der Waals surface area (Å²) in [6.07, 6.45) is 4.04. The number of likely N-dealkylation sites (N-methyl/N-ethyl adjacent to an activating group) is 1. The molecule has 1 atom stereocenters. The van der Waals surface area contributed by atoms with E-state index in [-0.39, 0.29) is 24.3 Å². The van der Waals surface area contributed by atoms with Crippen LogP contribution in [0.4, 0.5) is 0 Å². The summed E-state index contributed by atoms with van der Waals surface area (Å²) in [6.45, 7) is 2.84. The second-order valence-electron chi connectivity index (χ2n) is 4.52. The predicted octanol–water partition coefficient (Wildman–Crippen LogP) is 1.76. The van der Waals surface area contributed by atoms with Crippen molar-refractivity contribution in [3.8, 4) is 0 Å². The largest absolute Gasteiger partial charge is 0.469 e. The van der Waals surface area contributed by atoms with Gasteiger partial charge in [0.05, 0.1) is 25.7 Å². The molecule has 0 radical (unpaired) electrons. The molecule has 1 N–H and O–H groups in total. The zero-order valence-corrected chi connectivity index (χ0v) is 11.7. The molecule has 1 saturated carbocycles. The lowest BCUT2D eigenvalue weighted by Crippen LogP contribution is -2.32. The SMILES string of the molecule is CN[C@@H](C)CO[C@H]1CC[C@H](C(=O)OC)CC1.Cl. The Morgan fingerprint density at radius 3 is 2.41 bits per heavy atom. The van der Waals surface area contributed by atoms with Gasteiger partial charge in [0.25, 0.3) is 0 Å². The minimum atomic E-state index is -0.0676. The number of nitrogens with one attached hydrogen (secondary N) is 1. The number of carbonyl (C=O) groups excluding carboxylic acids is 1. The molecule has 1 fully saturated rings. The van der Waals surface area contributed by atoms with Crippen LogP contribution in [0, 0.1) is 5.92 Å². The van der Waals surface area contributed by atoms with Crippen molar-refractivity contribution in [2.24, 2.45) is 5.92 Å². The van der Waals surface area contributed by atoms with E-state index in [1.807, 2.05) is 7.05 Å². The van der Waals surface area contributed by atoms with Crippen molar-refractivity contribution in [1.82, 2.24) is 5.32 Å². The van der Waals surface area contributed by atoms with Crippen LogP contribution in [0.3, 0.4) is 0 Å². The maximum atomic E-state index is 11.3. The number of halogens is 1. The Kier molecular flexibility index (Phi) is 8.56. The lowest BCUT2D eigenvalue weighted by Gasteiger charge is -2.27. The number of methoxy groups -OCH3 is 1. The average Bonchev–Trinajstić information content (AvgIpc) is 2.35. The summed E-state index contributed by atoms with van der Waals surface area (Å²) >= 11 is 0. The lowest BCUT2D eigenvalue weighted by molar-refractivity contribution is -0.147. The Morgan fingerprint density at radius 2 is 1.94 bits per heavy atom. The summed E-state index contributed by atoms with van der Waals surface area (Å²) in [5, 5.41) is 3.14. The summed E-state index contributed by atoms with van der Waals surface area (Å²) in [4.78, 5) is 11.3. The van der Waals surface area contributed by atoms with Crippen LogP contribution < -0.4 is 5.32 Å². The summed E-state index contributed by atoms with van der Waals surface area (Å²) in [6, 6.07) is 0.387. The molecule has 0 aromatic carbocycles. The number of ether oxygens (including phenoxy) is 2. The fraction of sp³-hybridized carbons (Fsp3) is 0.917. The van der Waals surface area contributed by atoms with Gasteiger partial charge in [-0.3, -0.25) is 4.79 Å². The molecule has 0 heterocycles. The van der Waals surface area contributed by atoms with E-state index in [2.05, 4.69) is 12.2 Å². The monoisotopic (exact) mass is 265 g/mol. The highest BCUT2D eigenvalue weighted by Crippen LogP contribution is 2.27. The van der Waals surface area contributed by atoms with Crippen LogP contribution in [0.2, 0.25) is 0 Å². The molecule has 1 aliphatic carbocycles. The van der Waals surface area contributed by atoms with E-state index in [4.69, 9.17) is 9.47 Å². The number of hydrogen-bond acceptors (Lipinski definition) is 4. The van der Waals surface area contributed by atoms with Crippen molar-refractivity contribution >= 4 is 18.4 Å². The van der Waals surface area contributed by atoms with Gasteiger partial charge in [0, 0.05) is 6.04 Å². The van der Waals surface area contributed by atoms with Crippen LogP contribution >= 0.6 is 12.4 Å². The van der Waals surface area contributed by atoms with E-state index >= 15 is 0 Å². The number of esters is 1. The molecular weight excluding hydrogens is 242 g/mol. The van der Waals surface area contributed by atoms with Crippen LogP contribution in [-0.4, -0.2) is 38.9 Å². The van der Waals surface area contributed by atoms with E-state index in [1.165, 1.54) is 7.11 Å². The molecule has 0 bridgehead atoms. The first-order valence-electron chi connectivity index (χ1n) is 6.04. The van der Waals surface area contributed by atoms with Crippen molar-refractivity contribution in [3.05, 3.63) is 0 Å². The lowest BCUT2D eigenvalue weighted by atomic mass is 9.87. The number of carbonyl (C=O) groups is 1. The number of rotatable bonds is 5. The molecule has 0 amide bonds. The van der Waals surface area contributed by atoms with Gasteiger partial charge in [-0.2, -0.15) is 0 Å².